The van der Waals surface area contributed by atoms with Crippen LogP contribution < -0.4 is 10.2 Å². The van der Waals surface area contributed by atoms with Crippen molar-refractivity contribution in [3.05, 3.63) is 94.5 Å². The van der Waals surface area contributed by atoms with Crippen molar-refractivity contribution in [1.29, 1.82) is 0 Å². The molecule has 1 aliphatic heterocycles. The Hall–Kier alpha value is -3.40. The van der Waals surface area contributed by atoms with Crippen molar-refractivity contribution in [3.63, 3.8) is 0 Å². The van der Waals surface area contributed by atoms with Crippen molar-refractivity contribution < 1.29 is 9.59 Å². The summed E-state index contributed by atoms with van der Waals surface area (Å²) in [6, 6.07) is 20.9. The zero-order valence-electron chi connectivity index (χ0n) is 16.0. The second-order valence-corrected chi connectivity index (χ2v) is 7.19. The van der Waals surface area contributed by atoms with Gasteiger partial charge < -0.3 is 10.2 Å². The monoisotopic (exact) mass is 370 g/mol. The first-order valence-corrected chi connectivity index (χ1v) is 9.41. The summed E-state index contributed by atoms with van der Waals surface area (Å²) in [6.07, 6.45) is 0.881. The molecule has 3 aromatic carbocycles. The van der Waals surface area contributed by atoms with Gasteiger partial charge in [0, 0.05) is 29.0 Å². The van der Waals surface area contributed by atoms with E-state index in [4.69, 9.17) is 0 Å². The van der Waals surface area contributed by atoms with E-state index < -0.39 is 0 Å². The standard InChI is InChI=1S/C24H22N2O2/c1-16-7-8-17(2)21(15-16)23(27)25-20-11-9-19(10-12-20)24(28)26-14-13-18-5-3-4-6-22(18)26/h3-12,15H,13-14H2,1-2H3,(H,25,27). The van der Waals surface area contributed by atoms with Crippen LogP contribution >= 0.6 is 0 Å². The highest BCUT2D eigenvalue weighted by Crippen LogP contribution is 2.29. The Kier molecular flexibility index (Phi) is 4.70. The SMILES string of the molecule is Cc1ccc(C)c(C(=O)Nc2ccc(C(=O)N3CCc4ccccc43)cc2)c1. The summed E-state index contributed by atoms with van der Waals surface area (Å²) in [5.74, 6) is -0.161. The van der Waals surface area contributed by atoms with Crippen LogP contribution in [0.15, 0.2) is 66.7 Å². The largest absolute Gasteiger partial charge is 0.322 e. The summed E-state index contributed by atoms with van der Waals surface area (Å²) < 4.78 is 0. The third kappa shape index (κ3) is 3.41. The van der Waals surface area contributed by atoms with Gasteiger partial charge in [-0.3, -0.25) is 9.59 Å². The Labute approximate surface area is 164 Å². The number of benzene rings is 3. The molecule has 4 heteroatoms. The van der Waals surface area contributed by atoms with Gasteiger partial charge in [0.15, 0.2) is 0 Å². The number of fused-ring (bicyclic) bond motifs is 1. The molecule has 28 heavy (non-hydrogen) atoms. The molecule has 1 N–H and O–H groups in total. The van der Waals surface area contributed by atoms with E-state index in [0.717, 1.165) is 23.2 Å². The summed E-state index contributed by atoms with van der Waals surface area (Å²) in [4.78, 5) is 27.3. The lowest BCUT2D eigenvalue weighted by molar-refractivity contribution is 0.0988. The van der Waals surface area contributed by atoms with E-state index in [0.29, 0.717) is 23.4 Å². The lowest BCUT2D eigenvalue weighted by atomic mass is 10.0. The van der Waals surface area contributed by atoms with E-state index in [1.165, 1.54) is 5.56 Å². The predicted molar refractivity (Wildman–Crippen MR) is 112 cm³/mol. The molecule has 0 bridgehead atoms. The number of nitrogens with one attached hydrogen (secondary N) is 1. The zero-order valence-corrected chi connectivity index (χ0v) is 16.0. The lowest BCUT2D eigenvalue weighted by Crippen LogP contribution is -2.28. The molecule has 0 saturated heterocycles. The van der Waals surface area contributed by atoms with Gasteiger partial charge in [-0.1, -0.05) is 35.9 Å². The Bertz CT molecular complexity index is 1050. The predicted octanol–water partition coefficient (Wildman–Crippen LogP) is 4.76. The molecule has 0 atom stereocenters. The summed E-state index contributed by atoms with van der Waals surface area (Å²) >= 11 is 0. The van der Waals surface area contributed by atoms with Crippen LogP contribution in [0.2, 0.25) is 0 Å². The maximum absolute atomic E-state index is 12.9. The second kappa shape index (κ2) is 7.31. The number of hydrogen-bond donors (Lipinski definition) is 1. The molecule has 0 spiro atoms. The molecule has 0 aliphatic carbocycles. The maximum atomic E-state index is 12.9. The molecule has 1 aliphatic rings. The molecular weight excluding hydrogens is 348 g/mol. The molecule has 4 nitrogen and oxygen atoms in total. The quantitative estimate of drug-likeness (QED) is 0.723. The second-order valence-electron chi connectivity index (χ2n) is 7.19. The summed E-state index contributed by atoms with van der Waals surface area (Å²) in [5, 5.41) is 2.91. The van der Waals surface area contributed by atoms with Crippen molar-refractivity contribution in [2.45, 2.75) is 20.3 Å². The third-order valence-electron chi connectivity index (χ3n) is 5.16. The molecule has 2 amide bonds. The highest BCUT2D eigenvalue weighted by Gasteiger charge is 2.25. The van der Waals surface area contributed by atoms with Crippen LogP contribution in [0.5, 0.6) is 0 Å². The Morgan fingerprint density at radius 1 is 0.929 bits per heavy atom. The Balaban J connectivity index is 1.49. The lowest BCUT2D eigenvalue weighted by Gasteiger charge is -2.17. The number of carbonyl (C=O) groups is 2. The van der Waals surface area contributed by atoms with Crippen LogP contribution in [0, 0.1) is 13.8 Å². The Morgan fingerprint density at radius 2 is 1.68 bits per heavy atom. The summed E-state index contributed by atoms with van der Waals surface area (Å²) in [7, 11) is 0. The minimum absolute atomic E-state index is 0.0163. The van der Waals surface area contributed by atoms with Crippen molar-refractivity contribution in [1.82, 2.24) is 0 Å². The molecular formula is C24H22N2O2. The van der Waals surface area contributed by atoms with Gasteiger partial charge in [0.05, 0.1) is 0 Å². The van der Waals surface area contributed by atoms with Crippen molar-refractivity contribution >= 4 is 23.2 Å². The molecule has 0 unspecified atom stereocenters. The number of para-hydroxylation sites is 1. The molecule has 3 aromatic rings. The van der Waals surface area contributed by atoms with Crippen LogP contribution in [-0.2, 0) is 6.42 Å². The van der Waals surface area contributed by atoms with Gasteiger partial charge in [-0.25, -0.2) is 0 Å². The number of aryl methyl sites for hydroxylation is 2. The van der Waals surface area contributed by atoms with Gasteiger partial charge in [-0.2, -0.15) is 0 Å². The minimum atomic E-state index is -0.145. The average Bonchev–Trinajstić information content (AvgIpc) is 3.14. The first-order valence-electron chi connectivity index (χ1n) is 9.41. The normalized spacial score (nSPS) is 12.6. The number of amides is 2. The minimum Gasteiger partial charge on any atom is -0.322 e. The van der Waals surface area contributed by atoms with Crippen molar-refractivity contribution in [2.75, 3.05) is 16.8 Å². The molecule has 0 fully saturated rings. The van der Waals surface area contributed by atoms with Crippen LogP contribution in [0.1, 0.15) is 37.4 Å². The van der Waals surface area contributed by atoms with Crippen LogP contribution in [0.3, 0.4) is 0 Å². The van der Waals surface area contributed by atoms with E-state index in [1.807, 2.05) is 55.1 Å². The summed E-state index contributed by atoms with van der Waals surface area (Å²) in [6.45, 7) is 4.58. The number of rotatable bonds is 3. The van der Waals surface area contributed by atoms with Crippen LogP contribution in [-0.4, -0.2) is 18.4 Å². The average molecular weight is 370 g/mol. The Morgan fingerprint density at radius 3 is 2.46 bits per heavy atom. The van der Waals surface area contributed by atoms with E-state index in [2.05, 4.69) is 11.4 Å². The molecule has 0 aromatic heterocycles. The number of carbonyl (C=O) groups excluding carboxylic acids is 2. The molecule has 0 saturated carbocycles. The molecule has 4 rings (SSSR count). The van der Waals surface area contributed by atoms with Gasteiger partial charge in [0.1, 0.15) is 0 Å². The number of anilines is 2. The highest BCUT2D eigenvalue weighted by molar-refractivity contribution is 6.08. The van der Waals surface area contributed by atoms with Crippen LogP contribution in [0.4, 0.5) is 11.4 Å². The van der Waals surface area contributed by atoms with Gasteiger partial charge in [-0.15, -0.1) is 0 Å². The molecule has 1 heterocycles. The fourth-order valence-electron chi connectivity index (χ4n) is 3.58. The third-order valence-corrected chi connectivity index (χ3v) is 5.16. The van der Waals surface area contributed by atoms with Gasteiger partial charge in [0.2, 0.25) is 0 Å². The van der Waals surface area contributed by atoms with Crippen LogP contribution in [0.25, 0.3) is 0 Å². The van der Waals surface area contributed by atoms with Crippen molar-refractivity contribution in [3.8, 4) is 0 Å². The smallest absolute Gasteiger partial charge is 0.258 e. The fraction of sp³-hybridized carbons (Fsp3) is 0.167. The highest BCUT2D eigenvalue weighted by atomic mass is 16.2. The maximum Gasteiger partial charge on any atom is 0.258 e. The first-order chi connectivity index (χ1) is 13.5. The number of nitrogens with zero attached hydrogens (tertiary/aromatic N) is 1. The topological polar surface area (TPSA) is 49.4 Å². The summed E-state index contributed by atoms with van der Waals surface area (Å²) in [5.41, 5.74) is 6.11. The number of hydrogen-bond acceptors (Lipinski definition) is 2. The molecule has 0 radical (unpaired) electrons. The first kappa shape index (κ1) is 18.0. The van der Waals surface area contributed by atoms with Crippen molar-refractivity contribution in [2.24, 2.45) is 0 Å². The van der Waals surface area contributed by atoms with Gasteiger partial charge >= 0.3 is 0 Å². The van der Waals surface area contributed by atoms with E-state index in [1.54, 1.807) is 24.3 Å². The van der Waals surface area contributed by atoms with E-state index in [-0.39, 0.29) is 11.8 Å². The van der Waals surface area contributed by atoms with E-state index >= 15 is 0 Å². The zero-order chi connectivity index (χ0) is 19.7. The molecule has 140 valence electrons. The van der Waals surface area contributed by atoms with Gasteiger partial charge in [0.25, 0.3) is 11.8 Å². The van der Waals surface area contributed by atoms with E-state index in [9.17, 15) is 9.59 Å². The van der Waals surface area contributed by atoms with Gasteiger partial charge in [-0.05, 0) is 67.8 Å². The fourth-order valence-corrected chi connectivity index (χ4v) is 3.58.